The Bertz CT molecular complexity index is 4030. The summed E-state index contributed by atoms with van der Waals surface area (Å²) in [7, 11) is 0. The van der Waals surface area contributed by atoms with Crippen LogP contribution in [0, 0.1) is 53.7 Å². The second-order valence-corrected chi connectivity index (χ2v) is 17.2. The van der Waals surface area contributed by atoms with Crippen LogP contribution in [0.1, 0.15) is 16.7 Å². The summed E-state index contributed by atoms with van der Waals surface area (Å²) < 4.78 is 2.23. The first kappa shape index (κ1) is 44.3. The zero-order chi connectivity index (χ0) is 50.0. The van der Waals surface area contributed by atoms with Gasteiger partial charge in [-0.2, -0.15) is 15.8 Å². The molecular weight excluding hydrogens is 895 g/mol. The van der Waals surface area contributed by atoms with Gasteiger partial charge in [-0.3, -0.25) is 0 Å². The van der Waals surface area contributed by atoms with Gasteiger partial charge in [0.15, 0.2) is 22.9 Å². The van der Waals surface area contributed by atoms with Crippen molar-refractivity contribution in [3.05, 3.63) is 251 Å². The summed E-state index contributed by atoms with van der Waals surface area (Å²) in [5, 5.41) is 31.7. The van der Waals surface area contributed by atoms with Gasteiger partial charge in [-0.25, -0.2) is 24.5 Å². The minimum atomic E-state index is 0.346. The number of hydrogen-bond acceptors (Lipinski definition) is 5. The quantitative estimate of drug-likeness (QED) is 0.141. The van der Waals surface area contributed by atoms with Gasteiger partial charge in [-0.05, 0) is 106 Å². The van der Waals surface area contributed by atoms with Gasteiger partial charge in [0.25, 0.3) is 0 Å². The minimum absolute atomic E-state index is 0.346. The van der Waals surface area contributed by atoms with E-state index in [9.17, 15) is 15.8 Å². The molecule has 0 saturated carbocycles. The minimum Gasteiger partial charge on any atom is -0.308 e. The van der Waals surface area contributed by atoms with E-state index in [4.69, 9.17) is 29.7 Å². The average Bonchev–Trinajstić information content (AvgIpc) is 3.79. The van der Waals surface area contributed by atoms with Crippen molar-refractivity contribution >= 4 is 38.9 Å². The number of rotatable bonds is 8. The summed E-state index contributed by atoms with van der Waals surface area (Å²) in [5.41, 5.74) is 15.1. The van der Waals surface area contributed by atoms with E-state index in [-0.39, 0.29) is 0 Å². The Balaban J connectivity index is 1.27. The predicted octanol–water partition coefficient (Wildman–Crippen LogP) is 16.5. The van der Waals surface area contributed by atoms with E-state index in [1.807, 2.05) is 127 Å². The maximum atomic E-state index is 10.3. The van der Waals surface area contributed by atoms with Crippen molar-refractivity contribution in [3.8, 4) is 102 Å². The molecule has 0 radical (unpaired) electrons. The number of fused-ring (bicyclic) bond motifs is 3. The molecule has 0 bridgehead atoms. The highest BCUT2D eigenvalue weighted by Gasteiger charge is 2.24. The molecule has 0 atom stereocenters. The van der Waals surface area contributed by atoms with Crippen LogP contribution < -0.4 is 0 Å². The lowest BCUT2D eigenvalue weighted by Gasteiger charge is -2.21. The topological polar surface area (TPSA) is 115 Å². The molecule has 0 spiro atoms. The highest BCUT2D eigenvalue weighted by atomic mass is 15.0. The highest BCUT2D eigenvalue weighted by molar-refractivity contribution is 6.13. The summed E-state index contributed by atoms with van der Waals surface area (Å²) >= 11 is 0. The average molecular weight is 928 g/mol. The van der Waals surface area contributed by atoms with Crippen LogP contribution in [0.5, 0.6) is 0 Å². The largest absolute Gasteiger partial charge is 0.308 e. The van der Waals surface area contributed by atoms with Crippen molar-refractivity contribution < 1.29 is 0 Å². The first-order valence-corrected chi connectivity index (χ1v) is 23.0. The second-order valence-electron chi connectivity index (χ2n) is 17.2. The van der Waals surface area contributed by atoms with E-state index in [1.165, 1.54) is 0 Å². The molecule has 2 heterocycles. The first-order chi connectivity index (χ1) is 35.9. The Morgan fingerprint density at radius 1 is 0.384 bits per heavy atom. The van der Waals surface area contributed by atoms with Crippen molar-refractivity contribution in [3.63, 3.8) is 0 Å². The Morgan fingerprint density at radius 3 is 1.42 bits per heavy atom. The molecule has 0 aliphatic heterocycles. The number of aromatic nitrogens is 3. The third-order valence-corrected chi connectivity index (χ3v) is 13.0. The lowest BCUT2D eigenvalue weighted by molar-refractivity contribution is 1.17. The molecule has 11 rings (SSSR count). The highest BCUT2D eigenvalue weighted by Crippen LogP contribution is 2.46. The van der Waals surface area contributed by atoms with Gasteiger partial charge in [0.1, 0.15) is 0 Å². The summed E-state index contributed by atoms with van der Waals surface area (Å²) in [6.45, 7) is 23.5. The third kappa shape index (κ3) is 8.13. The molecule has 73 heavy (non-hydrogen) atoms. The normalized spacial score (nSPS) is 10.7. The molecule has 0 amide bonds. The zero-order valence-corrected chi connectivity index (χ0v) is 38.6. The Morgan fingerprint density at radius 2 is 0.890 bits per heavy atom. The molecular formula is C64H33N9. The Labute approximate surface area is 420 Å². The summed E-state index contributed by atoms with van der Waals surface area (Å²) in [4.78, 5) is 21.6. The van der Waals surface area contributed by atoms with Crippen LogP contribution >= 0.6 is 0 Å². The molecule has 11 aromatic rings. The van der Waals surface area contributed by atoms with Crippen LogP contribution in [0.3, 0.4) is 0 Å². The summed E-state index contributed by atoms with van der Waals surface area (Å²) in [5.74, 6) is 0.493. The van der Waals surface area contributed by atoms with Crippen LogP contribution in [-0.2, 0) is 0 Å². The van der Waals surface area contributed by atoms with E-state index in [0.717, 1.165) is 89.0 Å². The monoisotopic (exact) mass is 927 g/mol. The maximum absolute atomic E-state index is 10.3. The van der Waals surface area contributed by atoms with E-state index in [2.05, 4.69) is 61.6 Å². The molecule has 0 aliphatic rings. The molecule has 9 aromatic carbocycles. The molecule has 0 saturated heterocycles. The van der Waals surface area contributed by atoms with Crippen molar-refractivity contribution in [2.24, 2.45) is 0 Å². The van der Waals surface area contributed by atoms with Gasteiger partial charge in [0.2, 0.25) is 0 Å². The molecule has 0 fully saturated rings. The van der Waals surface area contributed by atoms with Gasteiger partial charge < -0.3 is 4.57 Å². The lowest BCUT2D eigenvalue weighted by Crippen LogP contribution is -2.03. The van der Waals surface area contributed by atoms with E-state index in [0.29, 0.717) is 50.7 Å². The second kappa shape index (κ2) is 18.7. The van der Waals surface area contributed by atoms with Crippen molar-refractivity contribution in [1.29, 1.82) is 15.8 Å². The van der Waals surface area contributed by atoms with Crippen LogP contribution in [-0.4, -0.2) is 14.5 Å². The molecule has 2 aromatic heterocycles. The van der Waals surface area contributed by atoms with Crippen LogP contribution in [0.2, 0.25) is 0 Å². The molecule has 0 N–H and O–H groups in total. The van der Waals surface area contributed by atoms with E-state index >= 15 is 0 Å². The fourth-order valence-corrected chi connectivity index (χ4v) is 9.46. The summed E-state index contributed by atoms with van der Waals surface area (Å²) in [6.07, 6.45) is 0. The Kier molecular flexibility index (Phi) is 11.4. The van der Waals surface area contributed by atoms with Crippen molar-refractivity contribution in [2.45, 2.75) is 0 Å². The SMILES string of the molecule is [C-]#[N+]c1ccc(-c2cc(-c3nc(-c4ccccc4)cc(-c4ccccc4)n3)cc(-c3ccc(C#N)cc3)c2-n2c3ccc(-c4ccc([N+]#[C-])cc4C#N)cc3c3cc(-c4ccc(C#N)cc4[N+]#[C-])ccc32)cc1. The van der Waals surface area contributed by atoms with Crippen molar-refractivity contribution in [2.75, 3.05) is 0 Å². The lowest BCUT2D eigenvalue weighted by atomic mass is 9.92. The van der Waals surface area contributed by atoms with Crippen molar-refractivity contribution in [1.82, 2.24) is 14.5 Å². The predicted molar refractivity (Wildman–Crippen MR) is 287 cm³/mol. The van der Waals surface area contributed by atoms with Crippen LogP contribution in [0.15, 0.2) is 200 Å². The molecule has 0 aliphatic carbocycles. The van der Waals surface area contributed by atoms with Crippen LogP contribution in [0.25, 0.3) is 120 Å². The van der Waals surface area contributed by atoms with E-state index in [1.54, 1.807) is 48.5 Å². The number of nitrogens with zero attached hydrogens (tertiary/aromatic N) is 9. The molecule has 334 valence electrons. The number of nitriles is 3. The van der Waals surface area contributed by atoms with Crippen LogP contribution in [0.4, 0.5) is 17.1 Å². The zero-order valence-electron chi connectivity index (χ0n) is 38.6. The van der Waals surface area contributed by atoms with Gasteiger partial charge >= 0.3 is 0 Å². The molecule has 9 heteroatoms. The van der Waals surface area contributed by atoms with Gasteiger partial charge in [-0.15, -0.1) is 0 Å². The summed E-state index contributed by atoms with van der Waals surface area (Å²) in [6, 6.07) is 70.4. The van der Waals surface area contributed by atoms with E-state index < -0.39 is 0 Å². The van der Waals surface area contributed by atoms with Gasteiger partial charge in [0, 0.05) is 49.7 Å². The van der Waals surface area contributed by atoms with Gasteiger partial charge in [-0.1, -0.05) is 127 Å². The maximum Gasteiger partial charge on any atom is 0.196 e. The van der Waals surface area contributed by atoms with Gasteiger partial charge in [0.05, 0.1) is 71.6 Å². The Hall–Kier alpha value is -11.2. The fraction of sp³-hybridized carbons (Fsp3) is 0. The third-order valence-electron chi connectivity index (χ3n) is 13.0. The standard InChI is InChI=1S/C64H33N9/c1-68-50-23-19-43(20-24-50)55-35-48(64-71-58(44-10-6-4-7-11-44)36-59(72-64)45-12-8-5-9-13-45)34-54(42-17-14-40(37-65)15-18-42)63(55)73-61-28-21-46(52-27-25-51(69-2)31-49(52)39-67)32-56(61)57-33-47(22-29-62(57)73)53-26-16-41(38-66)30-60(53)70-3/h4-36H. The fourth-order valence-electron chi connectivity index (χ4n) is 9.46. The number of benzene rings is 9. The molecule has 9 nitrogen and oxygen atoms in total. The smallest absolute Gasteiger partial charge is 0.196 e. The molecule has 0 unspecified atom stereocenters. The first-order valence-electron chi connectivity index (χ1n) is 23.0. The number of hydrogen-bond donors (Lipinski definition) is 0.